The number of hydrogen-bond acceptors (Lipinski definition) is 5. The van der Waals surface area contributed by atoms with Crippen LogP contribution in [0.15, 0.2) is 53.1 Å². The molecule has 2 aromatic carbocycles. The Hall–Kier alpha value is -3.92. The van der Waals surface area contributed by atoms with Crippen molar-refractivity contribution < 1.29 is 9.32 Å². The molecule has 0 spiro atoms. The van der Waals surface area contributed by atoms with E-state index >= 15 is 0 Å². The Kier molecular flexibility index (Phi) is 4.83. The molecule has 4 aromatic rings. The van der Waals surface area contributed by atoms with Crippen LogP contribution in [0.3, 0.4) is 0 Å². The maximum atomic E-state index is 12.5. The first-order valence-electron chi connectivity index (χ1n) is 9.21. The molecule has 0 aliphatic heterocycles. The van der Waals surface area contributed by atoms with Gasteiger partial charge in [0.25, 0.3) is 11.8 Å². The molecule has 1 amide bonds. The van der Waals surface area contributed by atoms with Crippen molar-refractivity contribution in [2.24, 2.45) is 0 Å². The highest BCUT2D eigenvalue weighted by molar-refractivity contribution is 5.94. The topological polar surface area (TPSA) is 98.8 Å². The Morgan fingerprint density at radius 2 is 2.00 bits per heavy atom. The molecule has 144 valence electrons. The van der Waals surface area contributed by atoms with Gasteiger partial charge >= 0.3 is 0 Å². The Balaban J connectivity index is 1.41. The second-order valence-electron chi connectivity index (χ2n) is 6.96. The minimum Gasteiger partial charge on any atom is -0.351 e. The molecule has 7 heteroatoms. The number of nitrogens with zero attached hydrogens (tertiary/aromatic N) is 4. The predicted octanol–water partition coefficient (Wildman–Crippen LogP) is 3.71. The van der Waals surface area contributed by atoms with E-state index < -0.39 is 0 Å². The molecule has 0 unspecified atom stereocenters. The largest absolute Gasteiger partial charge is 0.351 e. The van der Waals surface area contributed by atoms with Crippen molar-refractivity contribution in [1.82, 2.24) is 20.0 Å². The lowest BCUT2D eigenvalue weighted by Crippen LogP contribution is -2.29. The zero-order chi connectivity index (χ0) is 20.4. The molecule has 0 aliphatic rings. The molecular weight excluding hydrogens is 366 g/mol. The van der Waals surface area contributed by atoms with Crippen LogP contribution in [0.25, 0.3) is 22.5 Å². The van der Waals surface area contributed by atoms with Crippen LogP contribution in [0.5, 0.6) is 0 Å². The van der Waals surface area contributed by atoms with Crippen molar-refractivity contribution in [1.29, 1.82) is 5.26 Å². The molecule has 1 N–H and O–H groups in total. The van der Waals surface area contributed by atoms with Crippen LogP contribution in [0.4, 0.5) is 0 Å². The number of nitriles is 1. The lowest BCUT2D eigenvalue weighted by atomic mass is 10.1. The molecule has 0 aliphatic carbocycles. The highest BCUT2D eigenvalue weighted by atomic mass is 16.5. The summed E-state index contributed by atoms with van der Waals surface area (Å²) in [6.45, 7) is 2.50. The van der Waals surface area contributed by atoms with E-state index in [1.165, 1.54) is 5.56 Å². The zero-order valence-corrected chi connectivity index (χ0v) is 16.1. The quantitative estimate of drug-likeness (QED) is 0.565. The van der Waals surface area contributed by atoms with Gasteiger partial charge in [0.05, 0.1) is 11.6 Å². The summed E-state index contributed by atoms with van der Waals surface area (Å²) in [7, 11) is 1.72. The third kappa shape index (κ3) is 3.87. The van der Waals surface area contributed by atoms with Crippen LogP contribution < -0.4 is 0 Å². The Labute approximate surface area is 167 Å². The zero-order valence-electron chi connectivity index (χ0n) is 16.1. The SMILES string of the molecule is Cc1ccc2[nH]c(-c3nc(CCN(C)C(=O)c4ccc(C#N)cc4)no3)cc2c1. The molecule has 0 saturated carbocycles. The molecule has 4 rings (SSSR count). The van der Waals surface area contributed by atoms with Crippen LogP contribution in [-0.4, -0.2) is 39.5 Å². The van der Waals surface area contributed by atoms with Gasteiger partial charge in [-0.05, 0) is 49.4 Å². The number of fused-ring (bicyclic) bond motifs is 1. The summed E-state index contributed by atoms with van der Waals surface area (Å²) >= 11 is 0. The standard InChI is InChI=1S/C22H19N5O2/c1-14-3-8-18-17(11-14)12-19(24-18)21-25-20(26-29-21)9-10-27(2)22(28)16-6-4-15(13-23)5-7-16/h3-8,11-12,24H,9-10H2,1-2H3. The number of benzene rings is 2. The average molecular weight is 385 g/mol. The molecule has 0 bridgehead atoms. The summed E-state index contributed by atoms with van der Waals surface area (Å²) in [6, 6.07) is 16.8. The molecule has 2 aromatic heterocycles. The predicted molar refractivity (Wildman–Crippen MR) is 108 cm³/mol. The molecule has 2 heterocycles. The molecule has 0 saturated heterocycles. The second kappa shape index (κ2) is 7.60. The van der Waals surface area contributed by atoms with Crippen molar-refractivity contribution in [3.8, 4) is 17.7 Å². The van der Waals surface area contributed by atoms with E-state index in [4.69, 9.17) is 9.78 Å². The molecule has 0 atom stereocenters. The van der Waals surface area contributed by atoms with Crippen molar-refractivity contribution in [2.45, 2.75) is 13.3 Å². The molecule has 29 heavy (non-hydrogen) atoms. The summed E-state index contributed by atoms with van der Waals surface area (Å²) < 4.78 is 5.39. The second-order valence-corrected chi connectivity index (χ2v) is 6.96. The highest BCUT2D eigenvalue weighted by Gasteiger charge is 2.15. The number of aryl methyl sites for hydroxylation is 1. The van der Waals surface area contributed by atoms with Crippen LogP contribution in [0.2, 0.25) is 0 Å². The number of H-pyrrole nitrogens is 1. The minimum absolute atomic E-state index is 0.121. The van der Waals surface area contributed by atoms with Gasteiger partial charge in [-0.3, -0.25) is 4.79 Å². The molecular formula is C22H19N5O2. The number of carbonyl (C=O) groups is 1. The van der Waals surface area contributed by atoms with Crippen molar-refractivity contribution in [3.63, 3.8) is 0 Å². The van der Waals surface area contributed by atoms with Gasteiger partial charge in [0.15, 0.2) is 5.82 Å². The smallest absolute Gasteiger partial charge is 0.274 e. The maximum Gasteiger partial charge on any atom is 0.274 e. The first-order valence-corrected chi connectivity index (χ1v) is 9.21. The Morgan fingerprint density at radius 3 is 2.76 bits per heavy atom. The van der Waals surface area contributed by atoms with Crippen molar-refractivity contribution in [3.05, 3.63) is 71.0 Å². The number of aromatic amines is 1. The summed E-state index contributed by atoms with van der Waals surface area (Å²) in [4.78, 5) is 21.8. The maximum absolute atomic E-state index is 12.5. The summed E-state index contributed by atoms with van der Waals surface area (Å²) in [5.74, 6) is 0.841. The summed E-state index contributed by atoms with van der Waals surface area (Å²) in [5, 5.41) is 14.0. The van der Waals surface area contributed by atoms with E-state index in [0.717, 1.165) is 16.6 Å². The van der Waals surface area contributed by atoms with Gasteiger partial charge in [0.1, 0.15) is 5.69 Å². The van der Waals surface area contributed by atoms with Gasteiger partial charge in [-0.1, -0.05) is 16.8 Å². The Morgan fingerprint density at radius 1 is 1.21 bits per heavy atom. The first kappa shape index (κ1) is 18.4. The fraction of sp³-hybridized carbons (Fsp3) is 0.182. The van der Waals surface area contributed by atoms with Crippen LogP contribution in [0.1, 0.15) is 27.3 Å². The van der Waals surface area contributed by atoms with Crippen LogP contribution >= 0.6 is 0 Å². The van der Waals surface area contributed by atoms with Crippen molar-refractivity contribution in [2.75, 3.05) is 13.6 Å². The number of nitrogens with one attached hydrogen (secondary N) is 1. The van der Waals surface area contributed by atoms with Crippen LogP contribution in [-0.2, 0) is 6.42 Å². The van der Waals surface area contributed by atoms with Gasteiger partial charge in [-0.25, -0.2) is 0 Å². The fourth-order valence-electron chi connectivity index (χ4n) is 3.11. The summed E-state index contributed by atoms with van der Waals surface area (Å²) in [5.41, 5.74) is 4.03. The fourth-order valence-corrected chi connectivity index (χ4v) is 3.11. The van der Waals surface area contributed by atoms with Gasteiger partial charge in [-0.2, -0.15) is 10.2 Å². The lowest BCUT2D eigenvalue weighted by molar-refractivity contribution is 0.0796. The lowest BCUT2D eigenvalue weighted by Gasteiger charge is -2.16. The van der Waals surface area contributed by atoms with Crippen LogP contribution in [0, 0.1) is 18.3 Å². The van der Waals surface area contributed by atoms with Gasteiger partial charge in [0, 0.05) is 36.5 Å². The Bertz CT molecular complexity index is 1210. The van der Waals surface area contributed by atoms with E-state index in [9.17, 15) is 4.79 Å². The van der Waals surface area contributed by atoms with E-state index in [2.05, 4.69) is 21.2 Å². The van der Waals surface area contributed by atoms with Gasteiger partial charge < -0.3 is 14.4 Å². The minimum atomic E-state index is -0.121. The van der Waals surface area contributed by atoms with Gasteiger partial charge in [0.2, 0.25) is 0 Å². The third-order valence-corrected chi connectivity index (χ3v) is 4.75. The molecule has 0 fully saturated rings. The van der Waals surface area contributed by atoms with E-state index in [1.807, 2.05) is 31.2 Å². The average Bonchev–Trinajstić information content (AvgIpc) is 3.38. The third-order valence-electron chi connectivity index (χ3n) is 4.75. The van der Waals surface area contributed by atoms with Crippen molar-refractivity contribution >= 4 is 16.8 Å². The number of carbonyl (C=O) groups excluding carboxylic acids is 1. The number of likely N-dealkylation sites (N-methyl/N-ethyl adjacent to an activating group) is 1. The van der Waals surface area contributed by atoms with E-state index in [1.54, 1.807) is 36.2 Å². The van der Waals surface area contributed by atoms with E-state index in [-0.39, 0.29) is 5.91 Å². The number of amides is 1. The normalized spacial score (nSPS) is 10.8. The highest BCUT2D eigenvalue weighted by Crippen LogP contribution is 2.23. The monoisotopic (exact) mass is 385 g/mol. The number of hydrogen-bond donors (Lipinski definition) is 1. The van der Waals surface area contributed by atoms with Gasteiger partial charge in [-0.15, -0.1) is 0 Å². The first-order chi connectivity index (χ1) is 14.0. The number of rotatable bonds is 5. The van der Waals surface area contributed by atoms with E-state index in [0.29, 0.717) is 35.8 Å². The molecule has 7 nitrogen and oxygen atoms in total. The molecule has 0 radical (unpaired) electrons. The number of aromatic nitrogens is 3. The summed E-state index contributed by atoms with van der Waals surface area (Å²) in [6.07, 6.45) is 0.474.